The Morgan fingerprint density at radius 2 is 2.19 bits per heavy atom. The van der Waals surface area contributed by atoms with Crippen molar-refractivity contribution in [2.45, 2.75) is 51.5 Å². The molecular weight excluding hydrogens is 260 g/mol. The van der Waals surface area contributed by atoms with Gasteiger partial charge in [0.05, 0.1) is 6.54 Å². The Labute approximate surface area is 125 Å². The highest BCUT2D eigenvalue weighted by molar-refractivity contribution is 5.86. The van der Waals surface area contributed by atoms with Crippen LogP contribution in [0.3, 0.4) is 0 Å². The largest absolute Gasteiger partial charge is 0.344 e. The summed E-state index contributed by atoms with van der Waals surface area (Å²) in [5, 5.41) is 1.40. The van der Waals surface area contributed by atoms with Crippen LogP contribution in [0.4, 0.5) is 0 Å². The maximum Gasteiger partial charge on any atom is 0.234 e. The molecule has 2 aromatic rings. The van der Waals surface area contributed by atoms with Crippen LogP contribution < -0.4 is 0 Å². The average molecular weight is 282 g/mol. The Morgan fingerprint density at radius 1 is 1.38 bits per heavy atom. The maximum absolute atomic E-state index is 10.4. The summed E-state index contributed by atoms with van der Waals surface area (Å²) >= 11 is 0. The first-order valence-electron chi connectivity index (χ1n) is 7.85. The van der Waals surface area contributed by atoms with Crippen LogP contribution in [-0.2, 0) is 23.2 Å². The molecule has 0 saturated carbocycles. The fourth-order valence-corrected chi connectivity index (χ4v) is 4.01. The quantitative estimate of drug-likeness (QED) is 0.617. The van der Waals surface area contributed by atoms with E-state index in [4.69, 9.17) is 0 Å². The molecule has 0 N–H and O–H groups in total. The summed E-state index contributed by atoms with van der Waals surface area (Å²) in [6, 6.07) is 8.72. The smallest absolute Gasteiger partial charge is 0.234 e. The van der Waals surface area contributed by atoms with E-state index < -0.39 is 0 Å². The highest BCUT2D eigenvalue weighted by Crippen LogP contribution is 2.44. The first-order chi connectivity index (χ1) is 10.2. The second-order valence-corrected chi connectivity index (χ2v) is 6.23. The fraction of sp³-hybridized carbons (Fsp3) is 0.500. The van der Waals surface area contributed by atoms with E-state index in [0.717, 1.165) is 19.4 Å². The maximum atomic E-state index is 10.4. The molecule has 1 aliphatic rings. The van der Waals surface area contributed by atoms with Crippen molar-refractivity contribution >= 4 is 17.0 Å². The molecule has 1 unspecified atom stereocenters. The van der Waals surface area contributed by atoms with Crippen molar-refractivity contribution in [2.24, 2.45) is 4.99 Å². The molecule has 1 heterocycles. The average Bonchev–Trinajstić information content (AvgIpc) is 2.83. The standard InChI is InChI=1S/C18H22N2O/c1-3-20-16-9-5-4-7-14(16)15-8-6-10-18(2,17(15)20)11-12-19-13-21/h4-5,7,9H,3,6,8,10-12H2,1-2H3. The predicted octanol–water partition coefficient (Wildman–Crippen LogP) is 3.98. The van der Waals surface area contributed by atoms with Gasteiger partial charge in [-0.3, -0.25) is 0 Å². The van der Waals surface area contributed by atoms with Crippen LogP contribution >= 0.6 is 0 Å². The molecule has 3 heteroatoms. The van der Waals surface area contributed by atoms with E-state index in [2.05, 4.69) is 47.7 Å². The van der Waals surface area contributed by atoms with Crippen molar-refractivity contribution in [1.82, 2.24) is 4.57 Å². The zero-order valence-corrected chi connectivity index (χ0v) is 12.9. The SMILES string of the molecule is CCn1c2c(c3ccccc31)CCCC2(C)CCN=C=O. The van der Waals surface area contributed by atoms with Gasteiger partial charge in [-0.1, -0.05) is 25.1 Å². The number of nitrogens with zero attached hydrogens (tertiary/aromatic N) is 2. The van der Waals surface area contributed by atoms with Gasteiger partial charge in [-0.15, -0.1) is 0 Å². The third-order valence-corrected chi connectivity index (χ3v) is 4.96. The van der Waals surface area contributed by atoms with Gasteiger partial charge in [0.2, 0.25) is 6.08 Å². The van der Waals surface area contributed by atoms with Crippen molar-refractivity contribution in [3.63, 3.8) is 0 Å². The van der Waals surface area contributed by atoms with Gasteiger partial charge in [-0.05, 0) is 44.2 Å². The lowest BCUT2D eigenvalue weighted by Gasteiger charge is -2.35. The van der Waals surface area contributed by atoms with E-state index in [9.17, 15) is 4.79 Å². The number of hydrogen-bond donors (Lipinski definition) is 0. The van der Waals surface area contributed by atoms with Gasteiger partial charge < -0.3 is 4.57 Å². The second-order valence-electron chi connectivity index (χ2n) is 6.23. The van der Waals surface area contributed by atoms with Crippen LogP contribution in [-0.4, -0.2) is 17.2 Å². The molecule has 0 amide bonds. The van der Waals surface area contributed by atoms with Gasteiger partial charge in [0, 0.05) is 28.6 Å². The summed E-state index contributed by atoms with van der Waals surface area (Å²) in [4.78, 5) is 14.1. The van der Waals surface area contributed by atoms with E-state index in [1.807, 2.05) is 0 Å². The van der Waals surface area contributed by atoms with Gasteiger partial charge >= 0.3 is 0 Å². The highest BCUT2D eigenvalue weighted by Gasteiger charge is 2.36. The number of para-hydroxylation sites is 1. The van der Waals surface area contributed by atoms with Gasteiger partial charge in [-0.2, -0.15) is 0 Å². The topological polar surface area (TPSA) is 34.4 Å². The Hall–Kier alpha value is -1.86. The Kier molecular flexibility index (Phi) is 3.69. The molecule has 0 radical (unpaired) electrons. The van der Waals surface area contributed by atoms with Gasteiger partial charge in [0.25, 0.3) is 0 Å². The predicted molar refractivity (Wildman–Crippen MR) is 85.5 cm³/mol. The molecule has 21 heavy (non-hydrogen) atoms. The fourth-order valence-electron chi connectivity index (χ4n) is 4.01. The number of rotatable bonds is 4. The van der Waals surface area contributed by atoms with Crippen molar-refractivity contribution in [2.75, 3.05) is 6.54 Å². The van der Waals surface area contributed by atoms with E-state index in [-0.39, 0.29) is 5.41 Å². The van der Waals surface area contributed by atoms with E-state index >= 15 is 0 Å². The zero-order valence-electron chi connectivity index (χ0n) is 12.9. The van der Waals surface area contributed by atoms with Crippen LogP contribution in [0.25, 0.3) is 10.9 Å². The van der Waals surface area contributed by atoms with Crippen molar-refractivity contribution in [1.29, 1.82) is 0 Å². The molecule has 0 bridgehead atoms. The number of aryl methyl sites for hydroxylation is 2. The highest BCUT2D eigenvalue weighted by atomic mass is 16.1. The third-order valence-electron chi connectivity index (χ3n) is 4.96. The Morgan fingerprint density at radius 3 is 2.95 bits per heavy atom. The molecular formula is C18H22N2O. The minimum atomic E-state index is 0.114. The molecule has 1 aliphatic carbocycles. The number of benzene rings is 1. The molecule has 0 aliphatic heterocycles. The minimum Gasteiger partial charge on any atom is -0.344 e. The monoisotopic (exact) mass is 282 g/mol. The van der Waals surface area contributed by atoms with Crippen molar-refractivity contribution in [3.05, 3.63) is 35.5 Å². The van der Waals surface area contributed by atoms with Crippen LogP contribution in [0.1, 0.15) is 44.4 Å². The third kappa shape index (κ3) is 2.22. The number of aliphatic imine (C=N–C) groups is 1. The minimum absolute atomic E-state index is 0.114. The van der Waals surface area contributed by atoms with Gasteiger partial charge in [-0.25, -0.2) is 9.79 Å². The lowest BCUT2D eigenvalue weighted by Crippen LogP contribution is -2.31. The molecule has 1 aromatic carbocycles. The number of carbonyl (C=O) groups excluding carboxylic acids is 1. The number of hydrogen-bond acceptors (Lipinski definition) is 2. The summed E-state index contributed by atoms with van der Waals surface area (Å²) < 4.78 is 2.47. The number of fused-ring (bicyclic) bond motifs is 3. The lowest BCUT2D eigenvalue weighted by molar-refractivity contribution is 0.350. The summed E-state index contributed by atoms with van der Waals surface area (Å²) in [5.41, 5.74) is 4.44. The number of aromatic nitrogens is 1. The van der Waals surface area contributed by atoms with E-state index in [1.165, 1.54) is 35.0 Å². The van der Waals surface area contributed by atoms with Crippen LogP contribution in [0, 0.1) is 0 Å². The molecule has 0 spiro atoms. The van der Waals surface area contributed by atoms with Crippen molar-refractivity contribution < 1.29 is 4.79 Å². The molecule has 1 atom stereocenters. The normalized spacial score (nSPS) is 21.0. The first-order valence-corrected chi connectivity index (χ1v) is 7.85. The molecule has 1 aromatic heterocycles. The lowest BCUT2D eigenvalue weighted by atomic mass is 9.72. The second kappa shape index (κ2) is 5.50. The van der Waals surface area contributed by atoms with E-state index in [0.29, 0.717) is 6.54 Å². The van der Waals surface area contributed by atoms with Gasteiger partial charge in [0.1, 0.15) is 0 Å². The molecule has 0 saturated heterocycles. The molecule has 0 fully saturated rings. The van der Waals surface area contributed by atoms with Crippen LogP contribution in [0.15, 0.2) is 29.3 Å². The van der Waals surface area contributed by atoms with Gasteiger partial charge in [0.15, 0.2) is 0 Å². The summed E-state index contributed by atoms with van der Waals surface area (Å²) in [6.45, 7) is 6.11. The summed E-state index contributed by atoms with van der Waals surface area (Å²) in [6.07, 6.45) is 6.14. The molecule has 3 rings (SSSR count). The summed E-state index contributed by atoms with van der Waals surface area (Å²) in [7, 11) is 0. The summed E-state index contributed by atoms with van der Waals surface area (Å²) in [5.74, 6) is 0. The molecule has 110 valence electrons. The number of isocyanates is 1. The van der Waals surface area contributed by atoms with Crippen LogP contribution in [0.2, 0.25) is 0 Å². The van der Waals surface area contributed by atoms with E-state index in [1.54, 1.807) is 6.08 Å². The Bertz CT molecular complexity index is 676. The zero-order chi connectivity index (χ0) is 14.9. The van der Waals surface area contributed by atoms with Crippen molar-refractivity contribution in [3.8, 4) is 0 Å². The Balaban J connectivity index is 2.18. The first kappa shape index (κ1) is 14.1. The van der Waals surface area contributed by atoms with Crippen LogP contribution in [0.5, 0.6) is 0 Å². The molecule has 3 nitrogen and oxygen atoms in total.